The molecule has 3 aromatic rings. The first-order valence-electron chi connectivity index (χ1n) is 8.24. The minimum Gasteiger partial charge on any atom is -0.317 e. The predicted molar refractivity (Wildman–Crippen MR) is 104 cm³/mol. The van der Waals surface area contributed by atoms with Crippen molar-refractivity contribution >= 4 is 34.8 Å². The molecule has 1 amide bonds. The Kier molecular flexibility index (Phi) is 5.97. The molecule has 1 aliphatic heterocycles. The van der Waals surface area contributed by atoms with E-state index < -0.39 is 0 Å². The molecule has 0 saturated carbocycles. The standard InChI is InChI=1S/C17H18N6OS.ClH/c24-16(14-10-23(22-21-14)13-6-8-18-9-7-13)20-17-19-15(11-25-17)12-4-2-1-3-5-12;/h1-5,10-11,13,18H,6-9H2,(H,19,20,24);1H. The number of hydrogen-bond donors (Lipinski definition) is 2. The number of anilines is 1. The SMILES string of the molecule is Cl.O=C(Nc1nc(-c2ccccc2)cs1)c1cn(C2CCNCC2)nn1. The molecule has 3 heterocycles. The molecule has 0 bridgehead atoms. The molecule has 9 heteroatoms. The highest BCUT2D eigenvalue weighted by Gasteiger charge is 2.19. The number of benzene rings is 1. The van der Waals surface area contributed by atoms with Gasteiger partial charge in [0, 0.05) is 10.9 Å². The van der Waals surface area contributed by atoms with E-state index in [4.69, 9.17) is 0 Å². The Morgan fingerprint density at radius 3 is 2.77 bits per heavy atom. The van der Waals surface area contributed by atoms with Gasteiger partial charge >= 0.3 is 0 Å². The highest BCUT2D eigenvalue weighted by molar-refractivity contribution is 7.14. The summed E-state index contributed by atoms with van der Waals surface area (Å²) < 4.78 is 1.80. The molecule has 136 valence electrons. The minimum absolute atomic E-state index is 0. The number of nitrogens with zero attached hydrogens (tertiary/aromatic N) is 4. The van der Waals surface area contributed by atoms with Crippen LogP contribution in [0.15, 0.2) is 41.9 Å². The zero-order valence-corrected chi connectivity index (χ0v) is 15.6. The molecule has 7 nitrogen and oxygen atoms in total. The van der Waals surface area contributed by atoms with Gasteiger partial charge in [0.15, 0.2) is 10.8 Å². The fraction of sp³-hybridized carbons (Fsp3) is 0.294. The van der Waals surface area contributed by atoms with E-state index in [2.05, 4.69) is 25.9 Å². The van der Waals surface area contributed by atoms with Gasteiger partial charge in [0.05, 0.1) is 17.9 Å². The molecule has 0 atom stereocenters. The first-order chi connectivity index (χ1) is 12.3. The van der Waals surface area contributed by atoms with Crippen molar-refractivity contribution in [3.63, 3.8) is 0 Å². The van der Waals surface area contributed by atoms with Gasteiger partial charge in [-0.05, 0) is 25.9 Å². The van der Waals surface area contributed by atoms with Crippen molar-refractivity contribution in [1.82, 2.24) is 25.3 Å². The summed E-state index contributed by atoms with van der Waals surface area (Å²) >= 11 is 1.40. The first-order valence-corrected chi connectivity index (χ1v) is 9.12. The number of hydrogen-bond acceptors (Lipinski definition) is 6. The van der Waals surface area contributed by atoms with Crippen LogP contribution in [0, 0.1) is 0 Å². The maximum Gasteiger partial charge on any atom is 0.279 e. The van der Waals surface area contributed by atoms with E-state index in [9.17, 15) is 4.79 Å². The summed E-state index contributed by atoms with van der Waals surface area (Å²) in [5.41, 5.74) is 2.19. The van der Waals surface area contributed by atoms with Crippen molar-refractivity contribution < 1.29 is 4.79 Å². The topological polar surface area (TPSA) is 84.7 Å². The minimum atomic E-state index is -0.283. The summed E-state index contributed by atoms with van der Waals surface area (Å²) in [6, 6.07) is 10.2. The average molecular weight is 391 g/mol. The van der Waals surface area contributed by atoms with Gasteiger partial charge in [-0.25, -0.2) is 9.67 Å². The molecule has 1 saturated heterocycles. The van der Waals surface area contributed by atoms with Gasteiger partial charge in [0.2, 0.25) is 0 Å². The maximum absolute atomic E-state index is 12.4. The van der Waals surface area contributed by atoms with E-state index in [-0.39, 0.29) is 18.3 Å². The van der Waals surface area contributed by atoms with E-state index >= 15 is 0 Å². The Balaban J connectivity index is 0.00000196. The molecule has 1 aliphatic rings. The van der Waals surface area contributed by atoms with Crippen LogP contribution in [0.4, 0.5) is 5.13 Å². The molecule has 1 aromatic carbocycles. The van der Waals surface area contributed by atoms with Crippen molar-refractivity contribution in [2.45, 2.75) is 18.9 Å². The average Bonchev–Trinajstić information content (AvgIpc) is 3.33. The Hall–Kier alpha value is -2.29. The van der Waals surface area contributed by atoms with Gasteiger partial charge in [0.25, 0.3) is 5.91 Å². The third kappa shape index (κ3) is 4.09. The number of piperidine rings is 1. The largest absolute Gasteiger partial charge is 0.317 e. The zero-order valence-electron chi connectivity index (χ0n) is 14.0. The third-order valence-corrected chi connectivity index (χ3v) is 4.98. The van der Waals surface area contributed by atoms with Crippen LogP contribution >= 0.6 is 23.7 Å². The molecule has 0 radical (unpaired) electrons. The van der Waals surface area contributed by atoms with E-state index in [1.54, 1.807) is 10.9 Å². The van der Waals surface area contributed by atoms with Crippen LogP contribution in [-0.4, -0.2) is 39.0 Å². The number of aromatic nitrogens is 4. The van der Waals surface area contributed by atoms with Gasteiger partial charge in [0.1, 0.15) is 0 Å². The number of halogens is 1. The predicted octanol–water partition coefficient (Wildman–Crippen LogP) is 3.00. The second kappa shape index (κ2) is 8.39. The van der Waals surface area contributed by atoms with Crippen LogP contribution in [0.3, 0.4) is 0 Å². The number of rotatable bonds is 4. The lowest BCUT2D eigenvalue weighted by Gasteiger charge is -2.21. The highest BCUT2D eigenvalue weighted by atomic mass is 35.5. The molecular weight excluding hydrogens is 372 g/mol. The van der Waals surface area contributed by atoms with E-state index in [0.29, 0.717) is 16.9 Å². The van der Waals surface area contributed by atoms with Crippen LogP contribution < -0.4 is 10.6 Å². The molecule has 26 heavy (non-hydrogen) atoms. The molecule has 0 aliphatic carbocycles. The quantitative estimate of drug-likeness (QED) is 0.715. The second-order valence-electron chi connectivity index (χ2n) is 5.92. The Labute approximate surface area is 161 Å². The van der Waals surface area contributed by atoms with Crippen molar-refractivity contribution in [2.24, 2.45) is 0 Å². The van der Waals surface area contributed by atoms with E-state index in [0.717, 1.165) is 37.2 Å². The summed E-state index contributed by atoms with van der Waals surface area (Å²) in [5.74, 6) is -0.283. The lowest BCUT2D eigenvalue weighted by molar-refractivity contribution is 0.102. The number of nitrogens with one attached hydrogen (secondary N) is 2. The highest BCUT2D eigenvalue weighted by Crippen LogP contribution is 2.25. The summed E-state index contributed by atoms with van der Waals surface area (Å²) in [5, 5.41) is 16.7. The van der Waals surface area contributed by atoms with Crippen LogP contribution in [0.5, 0.6) is 0 Å². The van der Waals surface area contributed by atoms with Crippen molar-refractivity contribution in [1.29, 1.82) is 0 Å². The molecular formula is C17H19ClN6OS. The zero-order chi connectivity index (χ0) is 17.1. The fourth-order valence-corrected chi connectivity index (χ4v) is 3.58. The molecule has 1 fully saturated rings. The number of amides is 1. The van der Waals surface area contributed by atoms with Gasteiger partial charge in [-0.2, -0.15) is 0 Å². The number of carbonyl (C=O) groups is 1. The Morgan fingerprint density at radius 1 is 1.23 bits per heavy atom. The Bertz CT molecular complexity index is 859. The van der Waals surface area contributed by atoms with Gasteiger partial charge < -0.3 is 5.32 Å². The first kappa shape index (κ1) is 18.5. The maximum atomic E-state index is 12.4. The van der Waals surface area contributed by atoms with Crippen LogP contribution in [0.25, 0.3) is 11.3 Å². The summed E-state index contributed by atoms with van der Waals surface area (Å²) in [4.78, 5) is 16.8. The number of thiazole rings is 1. The van der Waals surface area contributed by atoms with E-state index in [1.807, 2.05) is 35.7 Å². The van der Waals surface area contributed by atoms with Crippen LogP contribution in [0.1, 0.15) is 29.4 Å². The van der Waals surface area contributed by atoms with Gasteiger partial charge in [-0.3, -0.25) is 10.1 Å². The molecule has 2 N–H and O–H groups in total. The lowest BCUT2D eigenvalue weighted by Crippen LogP contribution is -2.29. The normalized spacial score (nSPS) is 14.6. The molecule has 0 unspecified atom stereocenters. The summed E-state index contributed by atoms with van der Waals surface area (Å²) in [7, 11) is 0. The number of carbonyl (C=O) groups excluding carboxylic acids is 1. The smallest absolute Gasteiger partial charge is 0.279 e. The van der Waals surface area contributed by atoms with Gasteiger partial charge in [-0.15, -0.1) is 28.8 Å². The molecule has 0 spiro atoms. The summed E-state index contributed by atoms with van der Waals surface area (Å²) in [6.07, 6.45) is 3.71. The van der Waals surface area contributed by atoms with Crippen molar-refractivity contribution in [2.75, 3.05) is 18.4 Å². The third-order valence-electron chi connectivity index (χ3n) is 4.22. The van der Waals surface area contributed by atoms with Gasteiger partial charge in [-0.1, -0.05) is 35.5 Å². The Morgan fingerprint density at radius 2 is 2.00 bits per heavy atom. The molecule has 4 rings (SSSR count). The summed E-state index contributed by atoms with van der Waals surface area (Å²) in [6.45, 7) is 1.93. The second-order valence-corrected chi connectivity index (χ2v) is 6.78. The lowest BCUT2D eigenvalue weighted by atomic mass is 10.1. The van der Waals surface area contributed by atoms with Crippen LogP contribution in [0.2, 0.25) is 0 Å². The monoisotopic (exact) mass is 390 g/mol. The van der Waals surface area contributed by atoms with Crippen molar-refractivity contribution in [3.8, 4) is 11.3 Å². The van der Waals surface area contributed by atoms with E-state index in [1.165, 1.54) is 11.3 Å². The fourth-order valence-electron chi connectivity index (χ4n) is 2.86. The molecule has 2 aromatic heterocycles. The van der Waals surface area contributed by atoms with Crippen LogP contribution in [-0.2, 0) is 0 Å². The van der Waals surface area contributed by atoms with Crippen molar-refractivity contribution in [3.05, 3.63) is 47.6 Å².